The molecular weight excluding hydrogens is 198 g/mol. The van der Waals surface area contributed by atoms with E-state index in [1.807, 2.05) is 23.7 Å². The van der Waals surface area contributed by atoms with Gasteiger partial charge in [0.2, 0.25) is 0 Å². The molecule has 0 bridgehead atoms. The largest absolute Gasteiger partial charge is 0.489 e. The van der Waals surface area contributed by atoms with Crippen molar-refractivity contribution in [1.82, 2.24) is 4.98 Å². The van der Waals surface area contributed by atoms with Gasteiger partial charge in [-0.05, 0) is 12.1 Å². The van der Waals surface area contributed by atoms with Crippen LogP contribution in [0.4, 0.5) is 0 Å². The number of nitrogens with zero attached hydrogens (tertiary/aromatic N) is 1. The second-order valence-electron chi connectivity index (χ2n) is 3.22. The summed E-state index contributed by atoms with van der Waals surface area (Å²) in [5.41, 5.74) is 2.84. The van der Waals surface area contributed by atoms with Crippen molar-refractivity contribution in [3.63, 3.8) is 0 Å². The number of ether oxygens (including phenoxy) is 2. The van der Waals surface area contributed by atoms with Gasteiger partial charge < -0.3 is 9.47 Å². The molecule has 1 aromatic carbocycles. The normalized spacial score (nSPS) is 19.9. The topological polar surface area (TPSA) is 34.6 Å². The average Bonchev–Trinajstić information content (AvgIpc) is 2.91. The molecule has 14 heavy (non-hydrogen) atoms. The van der Waals surface area contributed by atoms with Gasteiger partial charge in [-0.25, -0.2) is 4.98 Å². The van der Waals surface area contributed by atoms with Crippen molar-refractivity contribution in [2.75, 3.05) is 13.2 Å². The van der Waals surface area contributed by atoms with E-state index < -0.39 is 0 Å². The van der Waals surface area contributed by atoms with E-state index in [9.17, 15) is 0 Å². The molecule has 0 N–H and O–H groups in total. The highest BCUT2D eigenvalue weighted by molar-refractivity contribution is 7.17. The first kappa shape index (κ1) is 8.20. The summed E-state index contributed by atoms with van der Waals surface area (Å²) < 4.78 is 11.9. The lowest BCUT2D eigenvalue weighted by atomic mass is 10.3. The first-order valence-electron chi connectivity index (χ1n) is 4.50. The molecule has 72 valence electrons. The quantitative estimate of drug-likeness (QED) is 0.723. The summed E-state index contributed by atoms with van der Waals surface area (Å²) in [4.78, 5) is 4.23. The molecule has 4 heteroatoms. The van der Waals surface area contributed by atoms with Crippen LogP contribution in [0.1, 0.15) is 0 Å². The molecule has 0 spiro atoms. The van der Waals surface area contributed by atoms with Gasteiger partial charge in [0.25, 0.3) is 0 Å². The molecule has 0 aliphatic carbocycles. The maximum Gasteiger partial charge on any atom is 0.138 e. The zero-order valence-electron chi connectivity index (χ0n) is 7.47. The summed E-state index contributed by atoms with van der Waals surface area (Å²) >= 11 is 1.61. The third-order valence-electron chi connectivity index (χ3n) is 2.15. The van der Waals surface area contributed by atoms with Gasteiger partial charge in [-0.1, -0.05) is 6.07 Å². The second kappa shape index (κ2) is 3.22. The summed E-state index contributed by atoms with van der Waals surface area (Å²) in [6, 6.07) is 5.93. The van der Waals surface area contributed by atoms with Crippen molar-refractivity contribution in [1.29, 1.82) is 0 Å². The monoisotopic (exact) mass is 207 g/mol. The van der Waals surface area contributed by atoms with Crippen molar-refractivity contribution in [2.45, 2.75) is 6.10 Å². The first-order valence-corrected chi connectivity index (χ1v) is 5.38. The maximum absolute atomic E-state index is 5.65. The highest BCUT2D eigenvalue weighted by Gasteiger charge is 2.23. The van der Waals surface area contributed by atoms with Crippen LogP contribution in [-0.4, -0.2) is 24.3 Å². The molecule has 3 nitrogen and oxygen atoms in total. The second-order valence-corrected chi connectivity index (χ2v) is 4.08. The number of rotatable bonds is 3. The number of benzene rings is 1. The lowest BCUT2D eigenvalue weighted by molar-refractivity contribution is 0.265. The first-order chi connectivity index (χ1) is 6.93. The van der Waals surface area contributed by atoms with E-state index in [0.717, 1.165) is 22.6 Å². The molecule has 1 atom stereocenters. The van der Waals surface area contributed by atoms with Gasteiger partial charge in [-0.15, -0.1) is 11.3 Å². The van der Waals surface area contributed by atoms with Crippen LogP contribution in [0.2, 0.25) is 0 Å². The molecule has 1 aliphatic heterocycles. The smallest absolute Gasteiger partial charge is 0.138 e. The van der Waals surface area contributed by atoms with Crippen molar-refractivity contribution in [3.05, 3.63) is 23.7 Å². The highest BCUT2D eigenvalue weighted by atomic mass is 32.1. The van der Waals surface area contributed by atoms with Crippen LogP contribution in [0, 0.1) is 0 Å². The van der Waals surface area contributed by atoms with E-state index in [1.165, 1.54) is 0 Å². The van der Waals surface area contributed by atoms with Gasteiger partial charge in [0.1, 0.15) is 18.5 Å². The van der Waals surface area contributed by atoms with Crippen LogP contribution in [0.5, 0.6) is 5.75 Å². The summed E-state index contributed by atoms with van der Waals surface area (Å²) in [7, 11) is 0. The minimum Gasteiger partial charge on any atom is -0.489 e. The molecule has 1 saturated heterocycles. The van der Waals surface area contributed by atoms with Gasteiger partial charge in [0.15, 0.2) is 0 Å². The third kappa shape index (κ3) is 1.47. The van der Waals surface area contributed by atoms with Crippen molar-refractivity contribution < 1.29 is 9.47 Å². The van der Waals surface area contributed by atoms with E-state index in [0.29, 0.717) is 12.7 Å². The van der Waals surface area contributed by atoms with Crippen LogP contribution in [0.25, 0.3) is 10.2 Å². The van der Waals surface area contributed by atoms with E-state index in [4.69, 9.17) is 9.47 Å². The summed E-state index contributed by atoms with van der Waals surface area (Å²) in [6.45, 7) is 1.48. The summed E-state index contributed by atoms with van der Waals surface area (Å²) in [5.74, 6) is 0.917. The van der Waals surface area contributed by atoms with Gasteiger partial charge in [0, 0.05) is 0 Å². The zero-order valence-corrected chi connectivity index (χ0v) is 8.29. The Hall–Kier alpha value is -1.13. The molecule has 1 fully saturated rings. The fourth-order valence-electron chi connectivity index (χ4n) is 1.32. The molecule has 1 unspecified atom stereocenters. The molecule has 0 saturated carbocycles. The molecule has 1 aromatic heterocycles. The van der Waals surface area contributed by atoms with Crippen LogP contribution in [-0.2, 0) is 4.74 Å². The van der Waals surface area contributed by atoms with Gasteiger partial charge >= 0.3 is 0 Å². The van der Waals surface area contributed by atoms with E-state index in [1.54, 1.807) is 11.3 Å². The molecular formula is C10H9NO2S. The standard InChI is InChI=1S/C10H9NO2S/c1-2-8-10(14-6-11-8)9(3-1)13-5-7-4-12-7/h1-3,6-7H,4-5H2. The Labute approximate surface area is 85.3 Å². The summed E-state index contributed by atoms with van der Waals surface area (Å²) in [5, 5.41) is 0. The average molecular weight is 207 g/mol. The molecule has 2 heterocycles. The zero-order chi connectivity index (χ0) is 9.38. The highest BCUT2D eigenvalue weighted by Crippen LogP contribution is 2.29. The number of aromatic nitrogens is 1. The lowest BCUT2D eigenvalue weighted by Crippen LogP contribution is -2.03. The Bertz CT molecular complexity index is 450. The predicted octanol–water partition coefficient (Wildman–Crippen LogP) is 2.07. The fraction of sp³-hybridized carbons (Fsp3) is 0.300. The maximum atomic E-state index is 5.65. The SMILES string of the molecule is c1cc(OCC2CO2)c2scnc2c1. The number of hydrogen-bond donors (Lipinski definition) is 0. The molecule has 0 amide bonds. The fourth-order valence-corrected chi connectivity index (χ4v) is 2.08. The van der Waals surface area contributed by atoms with Gasteiger partial charge in [-0.3, -0.25) is 0 Å². The van der Waals surface area contributed by atoms with Crippen LogP contribution >= 0.6 is 11.3 Å². The van der Waals surface area contributed by atoms with Crippen molar-refractivity contribution in [2.24, 2.45) is 0 Å². The Morgan fingerprint density at radius 1 is 1.57 bits per heavy atom. The van der Waals surface area contributed by atoms with Gasteiger partial charge in [0.05, 0.1) is 22.3 Å². The van der Waals surface area contributed by atoms with Crippen LogP contribution < -0.4 is 4.74 Å². The van der Waals surface area contributed by atoms with Crippen molar-refractivity contribution in [3.8, 4) is 5.75 Å². The molecule has 1 aliphatic rings. The molecule has 2 aromatic rings. The van der Waals surface area contributed by atoms with Crippen molar-refractivity contribution >= 4 is 21.6 Å². The Morgan fingerprint density at radius 3 is 3.36 bits per heavy atom. The van der Waals surface area contributed by atoms with E-state index in [2.05, 4.69) is 4.98 Å². The molecule has 0 radical (unpaired) electrons. The third-order valence-corrected chi connectivity index (χ3v) is 3.00. The Balaban J connectivity index is 1.89. The number of epoxide rings is 1. The number of hydrogen-bond acceptors (Lipinski definition) is 4. The Kier molecular flexibility index (Phi) is 1.89. The predicted molar refractivity (Wildman–Crippen MR) is 54.9 cm³/mol. The van der Waals surface area contributed by atoms with E-state index >= 15 is 0 Å². The van der Waals surface area contributed by atoms with Crippen LogP contribution in [0.3, 0.4) is 0 Å². The lowest BCUT2D eigenvalue weighted by Gasteiger charge is -2.03. The number of thiazole rings is 1. The summed E-state index contributed by atoms with van der Waals surface area (Å²) in [6.07, 6.45) is 0.304. The minimum absolute atomic E-state index is 0.304. The number of fused-ring (bicyclic) bond motifs is 1. The Morgan fingerprint density at radius 2 is 2.50 bits per heavy atom. The van der Waals surface area contributed by atoms with Gasteiger partial charge in [-0.2, -0.15) is 0 Å². The molecule has 3 rings (SSSR count). The van der Waals surface area contributed by atoms with E-state index in [-0.39, 0.29) is 0 Å². The van der Waals surface area contributed by atoms with Crippen LogP contribution in [0.15, 0.2) is 23.7 Å². The minimum atomic E-state index is 0.304.